The molecule has 7 nitrogen and oxygen atoms in total. The Bertz CT molecular complexity index is 1030. The van der Waals surface area contributed by atoms with Crippen LogP contribution in [0.25, 0.3) is 11.7 Å². The SMILES string of the molecule is COCCNc1nc2c(C)cccn2c(=O)c1/C=C1\SC(=S)N(C(C)C)C1=O. The van der Waals surface area contributed by atoms with Crippen LogP contribution in [0.3, 0.4) is 0 Å². The Kier molecular flexibility index (Phi) is 6.17. The van der Waals surface area contributed by atoms with Crippen LogP contribution in [0.4, 0.5) is 5.82 Å². The fraction of sp³-hybridized carbons (Fsp3) is 0.368. The van der Waals surface area contributed by atoms with Crippen molar-refractivity contribution in [2.45, 2.75) is 26.8 Å². The first kappa shape index (κ1) is 20.5. The molecule has 1 fully saturated rings. The third-order valence-corrected chi connectivity index (χ3v) is 5.63. The number of hydrogen-bond acceptors (Lipinski definition) is 7. The third-order valence-electron chi connectivity index (χ3n) is 4.30. The molecule has 28 heavy (non-hydrogen) atoms. The number of rotatable bonds is 6. The second kappa shape index (κ2) is 8.42. The highest BCUT2D eigenvalue weighted by Crippen LogP contribution is 2.34. The first-order valence-electron chi connectivity index (χ1n) is 8.87. The zero-order valence-corrected chi connectivity index (χ0v) is 17.8. The number of carbonyl (C=O) groups excluding carboxylic acids is 1. The summed E-state index contributed by atoms with van der Waals surface area (Å²) >= 11 is 6.53. The lowest BCUT2D eigenvalue weighted by Crippen LogP contribution is -2.34. The molecule has 1 saturated heterocycles. The Morgan fingerprint density at radius 2 is 2.14 bits per heavy atom. The van der Waals surface area contributed by atoms with Gasteiger partial charge in [0.15, 0.2) is 0 Å². The summed E-state index contributed by atoms with van der Waals surface area (Å²) in [5.74, 6) is 0.229. The highest BCUT2D eigenvalue weighted by atomic mass is 32.2. The Morgan fingerprint density at radius 3 is 2.79 bits per heavy atom. The first-order chi connectivity index (χ1) is 13.3. The van der Waals surface area contributed by atoms with Crippen LogP contribution in [0.15, 0.2) is 28.0 Å². The number of aromatic nitrogens is 2. The van der Waals surface area contributed by atoms with Crippen molar-refractivity contribution in [1.82, 2.24) is 14.3 Å². The molecule has 0 bridgehead atoms. The van der Waals surface area contributed by atoms with Gasteiger partial charge in [-0.1, -0.05) is 30.0 Å². The zero-order chi connectivity index (χ0) is 20.4. The molecule has 1 N–H and O–H groups in total. The lowest BCUT2D eigenvalue weighted by Gasteiger charge is -2.18. The molecule has 0 atom stereocenters. The van der Waals surface area contributed by atoms with Gasteiger partial charge in [0.25, 0.3) is 11.5 Å². The van der Waals surface area contributed by atoms with Crippen LogP contribution in [0.5, 0.6) is 0 Å². The number of nitrogens with one attached hydrogen (secondary N) is 1. The third kappa shape index (κ3) is 3.82. The van der Waals surface area contributed by atoms with E-state index in [1.807, 2.05) is 26.8 Å². The number of pyridine rings is 1. The molecule has 0 saturated carbocycles. The number of carbonyl (C=O) groups is 1. The van der Waals surface area contributed by atoms with E-state index in [0.29, 0.717) is 39.4 Å². The van der Waals surface area contributed by atoms with E-state index < -0.39 is 0 Å². The van der Waals surface area contributed by atoms with E-state index in [4.69, 9.17) is 17.0 Å². The number of methoxy groups -OCH3 is 1. The summed E-state index contributed by atoms with van der Waals surface area (Å²) < 4.78 is 7.06. The molecule has 2 aromatic heterocycles. The van der Waals surface area contributed by atoms with Gasteiger partial charge in [0.1, 0.15) is 15.8 Å². The van der Waals surface area contributed by atoms with Crippen molar-refractivity contribution in [1.29, 1.82) is 0 Å². The van der Waals surface area contributed by atoms with Crippen molar-refractivity contribution >= 4 is 51.7 Å². The van der Waals surface area contributed by atoms with Crippen LogP contribution < -0.4 is 10.9 Å². The van der Waals surface area contributed by atoms with Gasteiger partial charge in [-0.2, -0.15) is 0 Å². The molecule has 2 aromatic rings. The van der Waals surface area contributed by atoms with Gasteiger partial charge in [-0.3, -0.25) is 18.9 Å². The monoisotopic (exact) mass is 418 g/mol. The largest absolute Gasteiger partial charge is 0.383 e. The number of thiocarbonyl (C=S) groups is 1. The van der Waals surface area contributed by atoms with Gasteiger partial charge in [0.05, 0.1) is 17.1 Å². The number of aryl methyl sites for hydroxylation is 1. The first-order valence-corrected chi connectivity index (χ1v) is 10.1. The van der Waals surface area contributed by atoms with Crippen molar-refractivity contribution in [3.8, 4) is 0 Å². The summed E-state index contributed by atoms with van der Waals surface area (Å²) in [7, 11) is 1.60. The van der Waals surface area contributed by atoms with Crippen LogP contribution in [0, 0.1) is 6.92 Å². The standard InChI is InChI=1S/C19H22N4O3S2/c1-11(2)23-18(25)14(28-19(23)27)10-13-15(20-7-9-26-4)21-16-12(3)6-5-8-22(16)17(13)24/h5-6,8,10-11,20H,7,9H2,1-4H3/b14-10-. The molecule has 1 aliphatic rings. The Morgan fingerprint density at radius 1 is 1.39 bits per heavy atom. The molecule has 3 heterocycles. The van der Waals surface area contributed by atoms with Crippen molar-refractivity contribution in [3.05, 3.63) is 44.7 Å². The van der Waals surface area contributed by atoms with Gasteiger partial charge < -0.3 is 10.1 Å². The van der Waals surface area contributed by atoms with Crippen LogP contribution in [-0.4, -0.2) is 50.8 Å². The molecule has 1 aliphatic heterocycles. The summed E-state index contributed by atoms with van der Waals surface area (Å²) in [6.45, 7) is 6.65. The minimum absolute atomic E-state index is 0.0452. The minimum Gasteiger partial charge on any atom is -0.383 e. The quantitative estimate of drug-likeness (QED) is 0.439. The maximum Gasteiger partial charge on any atom is 0.267 e. The number of anilines is 1. The molecular formula is C19H22N4O3S2. The second-order valence-corrected chi connectivity index (χ2v) is 8.30. The van der Waals surface area contributed by atoms with Gasteiger partial charge in [-0.05, 0) is 38.5 Å². The normalized spacial score (nSPS) is 16.0. The molecule has 0 radical (unpaired) electrons. The van der Waals surface area contributed by atoms with Gasteiger partial charge in [-0.25, -0.2) is 4.98 Å². The minimum atomic E-state index is -0.247. The van der Waals surface area contributed by atoms with Gasteiger partial charge in [0.2, 0.25) is 0 Å². The molecule has 1 amide bonds. The number of amides is 1. The highest BCUT2D eigenvalue weighted by Gasteiger charge is 2.34. The van der Waals surface area contributed by atoms with E-state index in [0.717, 1.165) is 5.56 Å². The van der Waals surface area contributed by atoms with Crippen LogP contribution in [0.2, 0.25) is 0 Å². The van der Waals surface area contributed by atoms with Crippen LogP contribution in [-0.2, 0) is 9.53 Å². The summed E-state index contributed by atoms with van der Waals surface area (Å²) in [5, 5.41) is 3.15. The molecule has 9 heteroatoms. The van der Waals surface area contributed by atoms with Gasteiger partial charge >= 0.3 is 0 Å². The van der Waals surface area contributed by atoms with Crippen molar-refractivity contribution in [2.24, 2.45) is 0 Å². The molecule has 0 unspecified atom stereocenters. The lowest BCUT2D eigenvalue weighted by atomic mass is 10.2. The predicted molar refractivity (Wildman–Crippen MR) is 117 cm³/mol. The van der Waals surface area contributed by atoms with E-state index in [-0.39, 0.29) is 17.5 Å². The van der Waals surface area contributed by atoms with E-state index >= 15 is 0 Å². The number of nitrogens with zero attached hydrogens (tertiary/aromatic N) is 3. The summed E-state index contributed by atoms with van der Waals surface area (Å²) in [6.07, 6.45) is 3.26. The molecule has 3 rings (SSSR count). The smallest absolute Gasteiger partial charge is 0.267 e. The van der Waals surface area contributed by atoms with Crippen molar-refractivity contribution in [3.63, 3.8) is 0 Å². The number of ether oxygens (including phenoxy) is 1. The molecule has 0 aliphatic carbocycles. The average Bonchev–Trinajstić information content (AvgIpc) is 2.92. The highest BCUT2D eigenvalue weighted by molar-refractivity contribution is 8.26. The zero-order valence-electron chi connectivity index (χ0n) is 16.2. The number of hydrogen-bond donors (Lipinski definition) is 1. The topological polar surface area (TPSA) is 75.9 Å². The predicted octanol–water partition coefficient (Wildman–Crippen LogP) is 2.67. The van der Waals surface area contributed by atoms with Crippen LogP contribution >= 0.6 is 24.0 Å². The van der Waals surface area contributed by atoms with Crippen molar-refractivity contribution in [2.75, 3.05) is 25.6 Å². The second-order valence-electron chi connectivity index (χ2n) is 6.63. The fourth-order valence-electron chi connectivity index (χ4n) is 2.90. The fourth-order valence-corrected chi connectivity index (χ4v) is 4.41. The number of thioether (sulfide) groups is 1. The summed E-state index contributed by atoms with van der Waals surface area (Å²) in [5.41, 5.74) is 1.53. The van der Waals surface area contributed by atoms with Gasteiger partial charge in [0, 0.05) is 25.9 Å². The van der Waals surface area contributed by atoms with Crippen molar-refractivity contribution < 1.29 is 9.53 Å². The van der Waals surface area contributed by atoms with Gasteiger partial charge in [-0.15, -0.1) is 0 Å². The van der Waals surface area contributed by atoms with E-state index in [9.17, 15) is 9.59 Å². The Hall–Kier alpha value is -2.23. The molecule has 0 aromatic carbocycles. The molecule has 0 spiro atoms. The van der Waals surface area contributed by atoms with E-state index in [1.165, 1.54) is 16.2 Å². The number of fused-ring (bicyclic) bond motifs is 1. The maximum atomic E-state index is 13.2. The Balaban J connectivity index is 2.15. The summed E-state index contributed by atoms with van der Waals surface area (Å²) in [4.78, 5) is 32.5. The lowest BCUT2D eigenvalue weighted by molar-refractivity contribution is -0.123. The maximum absolute atomic E-state index is 13.2. The molecular weight excluding hydrogens is 396 g/mol. The summed E-state index contributed by atoms with van der Waals surface area (Å²) in [6, 6.07) is 3.65. The average molecular weight is 419 g/mol. The van der Waals surface area contributed by atoms with E-state index in [2.05, 4.69) is 10.3 Å². The Labute approximate surface area is 172 Å². The van der Waals surface area contributed by atoms with E-state index in [1.54, 1.807) is 30.3 Å². The van der Waals surface area contributed by atoms with Crippen LogP contribution in [0.1, 0.15) is 25.0 Å². The molecule has 148 valence electrons.